The fourth-order valence-corrected chi connectivity index (χ4v) is 2.79. The number of rotatable bonds is 5. The molecule has 2 N–H and O–H groups in total. The van der Waals surface area contributed by atoms with E-state index in [2.05, 4.69) is 15.6 Å². The van der Waals surface area contributed by atoms with E-state index in [1.807, 2.05) is 73.3 Å². The minimum absolute atomic E-state index is 0.300. The van der Waals surface area contributed by atoms with E-state index in [4.69, 9.17) is 4.74 Å². The van der Waals surface area contributed by atoms with Crippen LogP contribution in [0.4, 0.5) is 10.5 Å². The minimum Gasteiger partial charge on any atom is -0.497 e. The summed E-state index contributed by atoms with van der Waals surface area (Å²) in [5.41, 5.74) is 2.71. The number of ether oxygens (including phenoxy) is 1. The number of anilines is 1. The van der Waals surface area contributed by atoms with Gasteiger partial charge in [-0.3, -0.25) is 0 Å². The lowest BCUT2D eigenvalue weighted by Gasteiger charge is -2.20. The molecule has 2 amide bonds. The Kier molecular flexibility index (Phi) is 5.22. The molecule has 0 saturated carbocycles. The van der Waals surface area contributed by atoms with Crippen LogP contribution in [0.5, 0.6) is 5.75 Å². The van der Waals surface area contributed by atoms with Crippen LogP contribution < -0.4 is 15.4 Å². The summed E-state index contributed by atoms with van der Waals surface area (Å²) in [7, 11) is 3.52. The molecule has 0 saturated heterocycles. The largest absolute Gasteiger partial charge is 0.497 e. The van der Waals surface area contributed by atoms with Crippen LogP contribution >= 0.6 is 0 Å². The number of urea groups is 1. The molecule has 3 rings (SSSR count). The Morgan fingerprint density at radius 3 is 2.69 bits per heavy atom. The van der Waals surface area contributed by atoms with Gasteiger partial charge in [-0.25, -0.2) is 9.78 Å². The number of carbonyl (C=O) groups excluding carboxylic acids is 1. The Labute approximate surface area is 152 Å². The molecule has 134 valence electrons. The Balaban J connectivity index is 1.86. The normalized spacial score (nSPS) is 11.7. The first-order chi connectivity index (χ1) is 12.6. The predicted molar refractivity (Wildman–Crippen MR) is 101 cm³/mol. The standard InChI is InChI=1S/C20H22N4O2/c1-14-6-4-8-16(12-14)22-20(25)23-18(19-21-10-11-24(19)2)15-7-5-9-17(13-15)26-3/h4-13,18H,1-3H3,(H2,22,23,25)/t18-/m1/s1. The number of imidazole rings is 1. The van der Waals surface area contributed by atoms with Gasteiger partial charge in [-0.1, -0.05) is 24.3 Å². The lowest BCUT2D eigenvalue weighted by atomic mass is 10.1. The molecule has 0 aliphatic carbocycles. The molecule has 26 heavy (non-hydrogen) atoms. The van der Waals surface area contributed by atoms with Crippen molar-refractivity contribution in [3.05, 3.63) is 77.9 Å². The molecule has 0 bridgehead atoms. The molecule has 3 aromatic rings. The Morgan fingerprint density at radius 1 is 1.19 bits per heavy atom. The van der Waals surface area contributed by atoms with Crippen LogP contribution in [-0.4, -0.2) is 22.7 Å². The van der Waals surface area contributed by atoms with Gasteiger partial charge in [0.15, 0.2) is 0 Å². The van der Waals surface area contributed by atoms with E-state index in [-0.39, 0.29) is 6.03 Å². The number of nitrogens with zero attached hydrogens (tertiary/aromatic N) is 2. The molecule has 0 aliphatic heterocycles. The third kappa shape index (κ3) is 4.03. The number of amides is 2. The molecule has 1 heterocycles. The molecule has 6 nitrogen and oxygen atoms in total. The molecule has 6 heteroatoms. The van der Waals surface area contributed by atoms with Gasteiger partial charge in [0.2, 0.25) is 0 Å². The number of aryl methyl sites for hydroxylation is 2. The summed E-state index contributed by atoms with van der Waals surface area (Å²) in [5, 5.41) is 5.88. The first-order valence-corrected chi connectivity index (χ1v) is 8.32. The lowest BCUT2D eigenvalue weighted by Crippen LogP contribution is -2.34. The second-order valence-electron chi connectivity index (χ2n) is 6.07. The van der Waals surface area contributed by atoms with Crippen LogP contribution in [0.25, 0.3) is 0 Å². The van der Waals surface area contributed by atoms with Gasteiger partial charge in [0.05, 0.1) is 7.11 Å². The quantitative estimate of drug-likeness (QED) is 0.738. The van der Waals surface area contributed by atoms with Gasteiger partial charge in [-0.15, -0.1) is 0 Å². The second kappa shape index (κ2) is 7.74. The highest BCUT2D eigenvalue weighted by Crippen LogP contribution is 2.24. The number of methoxy groups -OCH3 is 1. The van der Waals surface area contributed by atoms with Gasteiger partial charge in [0.1, 0.15) is 17.6 Å². The molecule has 0 radical (unpaired) electrons. The number of aromatic nitrogens is 2. The predicted octanol–water partition coefficient (Wildman–Crippen LogP) is 3.65. The van der Waals surface area contributed by atoms with Crippen LogP contribution in [0, 0.1) is 6.92 Å². The van der Waals surface area contributed by atoms with Crippen molar-refractivity contribution < 1.29 is 9.53 Å². The van der Waals surface area contributed by atoms with Crippen LogP contribution in [-0.2, 0) is 7.05 Å². The van der Waals surface area contributed by atoms with Crippen molar-refractivity contribution in [2.45, 2.75) is 13.0 Å². The number of benzene rings is 2. The van der Waals surface area contributed by atoms with Gasteiger partial charge in [0, 0.05) is 25.1 Å². The van der Waals surface area contributed by atoms with Gasteiger partial charge in [-0.2, -0.15) is 0 Å². The SMILES string of the molecule is COc1cccc([C@@H](NC(=O)Nc2cccc(C)c2)c2nccn2C)c1. The lowest BCUT2D eigenvalue weighted by molar-refractivity contribution is 0.249. The van der Waals surface area contributed by atoms with Gasteiger partial charge >= 0.3 is 6.03 Å². The highest BCUT2D eigenvalue weighted by Gasteiger charge is 2.21. The average molecular weight is 350 g/mol. The number of carbonyl (C=O) groups is 1. The second-order valence-corrected chi connectivity index (χ2v) is 6.07. The van der Waals surface area contributed by atoms with E-state index in [0.29, 0.717) is 0 Å². The highest BCUT2D eigenvalue weighted by molar-refractivity contribution is 5.89. The van der Waals surface area contributed by atoms with Crippen molar-refractivity contribution in [3.63, 3.8) is 0 Å². The maximum absolute atomic E-state index is 12.6. The van der Waals surface area contributed by atoms with Crippen molar-refractivity contribution in [3.8, 4) is 5.75 Å². The van der Waals surface area contributed by atoms with Crippen molar-refractivity contribution >= 4 is 11.7 Å². The van der Waals surface area contributed by atoms with E-state index in [1.54, 1.807) is 13.3 Å². The van der Waals surface area contributed by atoms with Gasteiger partial charge in [0.25, 0.3) is 0 Å². The van der Waals surface area contributed by atoms with E-state index in [1.165, 1.54) is 0 Å². The van der Waals surface area contributed by atoms with E-state index >= 15 is 0 Å². The molecule has 1 atom stereocenters. The Hall–Kier alpha value is -3.28. The fourth-order valence-electron chi connectivity index (χ4n) is 2.79. The Bertz CT molecular complexity index is 904. The van der Waals surface area contributed by atoms with E-state index in [0.717, 1.165) is 28.4 Å². The van der Waals surface area contributed by atoms with Crippen LogP contribution in [0.1, 0.15) is 23.0 Å². The number of hydrogen-bond acceptors (Lipinski definition) is 3. The third-order valence-corrected chi connectivity index (χ3v) is 4.10. The summed E-state index contributed by atoms with van der Waals surface area (Å²) in [6.45, 7) is 1.98. The zero-order valence-electron chi connectivity index (χ0n) is 15.1. The van der Waals surface area contributed by atoms with Crippen LogP contribution in [0.15, 0.2) is 60.9 Å². The summed E-state index contributed by atoms with van der Waals surface area (Å²) in [5.74, 6) is 1.46. The number of hydrogen-bond donors (Lipinski definition) is 2. The molecule has 0 unspecified atom stereocenters. The summed E-state index contributed by atoms with van der Waals surface area (Å²) >= 11 is 0. The molecule has 0 spiro atoms. The van der Waals surface area contributed by atoms with E-state index in [9.17, 15) is 4.79 Å². The topological polar surface area (TPSA) is 68.2 Å². The molecule has 2 aromatic carbocycles. The minimum atomic E-state index is -0.407. The summed E-state index contributed by atoms with van der Waals surface area (Å²) in [6.07, 6.45) is 3.56. The zero-order valence-corrected chi connectivity index (χ0v) is 15.1. The summed E-state index contributed by atoms with van der Waals surface area (Å²) in [6, 6.07) is 14.5. The third-order valence-electron chi connectivity index (χ3n) is 4.10. The van der Waals surface area contributed by atoms with Gasteiger partial charge in [-0.05, 0) is 42.3 Å². The first-order valence-electron chi connectivity index (χ1n) is 8.32. The number of nitrogens with one attached hydrogen (secondary N) is 2. The maximum atomic E-state index is 12.6. The van der Waals surface area contributed by atoms with Gasteiger partial charge < -0.3 is 19.9 Å². The smallest absolute Gasteiger partial charge is 0.320 e. The zero-order chi connectivity index (χ0) is 18.5. The summed E-state index contributed by atoms with van der Waals surface area (Å²) in [4.78, 5) is 17.0. The molecular formula is C20H22N4O2. The molecule has 0 aliphatic rings. The average Bonchev–Trinajstić information content (AvgIpc) is 3.05. The monoisotopic (exact) mass is 350 g/mol. The van der Waals surface area contributed by atoms with E-state index < -0.39 is 6.04 Å². The summed E-state index contributed by atoms with van der Waals surface area (Å²) < 4.78 is 7.20. The fraction of sp³-hybridized carbons (Fsp3) is 0.200. The maximum Gasteiger partial charge on any atom is 0.320 e. The first kappa shape index (κ1) is 17.5. The molecule has 0 fully saturated rings. The Morgan fingerprint density at radius 2 is 2.00 bits per heavy atom. The van der Waals surface area contributed by atoms with Crippen molar-refractivity contribution in [1.29, 1.82) is 0 Å². The van der Waals surface area contributed by atoms with Crippen molar-refractivity contribution in [1.82, 2.24) is 14.9 Å². The van der Waals surface area contributed by atoms with Crippen molar-refractivity contribution in [2.24, 2.45) is 7.05 Å². The molecular weight excluding hydrogens is 328 g/mol. The van der Waals surface area contributed by atoms with Crippen LogP contribution in [0.2, 0.25) is 0 Å². The van der Waals surface area contributed by atoms with Crippen molar-refractivity contribution in [2.75, 3.05) is 12.4 Å². The highest BCUT2D eigenvalue weighted by atomic mass is 16.5. The van der Waals surface area contributed by atoms with Crippen LogP contribution in [0.3, 0.4) is 0 Å². The molecule has 1 aromatic heterocycles.